The lowest BCUT2D eigenvalue weighted by Crippen LogP contribution is -2.40. The highest BCUT2D eigenvalue weighted by Gasteiger charge is 2.72. The molecule has 0 spiro atoms. The molecule has 1 aliphatic carbocycles. The van der Waals surface area contributed by atoms with Gasteiger partial charge in [0.2, 0.25) is 0 Å². The topological polar surface area (TPSA) is 50.4 Å². The summed E-state index contributed by atoms with van der Waals surface area (Å²) in [5, 5.41) is 6.35. The number of hydrogen-bond acceptors (Lipinski definition) is 3. The monoisotopic (exact) mass is 212 g/mol. The normalized spacial score (nSPS) is 38.4. The number of methoxy groups -OCH3 is 1. The largest absolute Gasteiger partial charge is 0.453 e. The van der Waals surface area contributed by atoms with Crippen LogP contribution in [0.5, 0.6) is 0 Å². The number of rotatable bonds is 1. The second-order valence-electron chi connectivity index (χ2n) is 5.64. The Morgan fingerprint density at radius 2 is 2.20 bits per heavy atom. The Labute approximate surface area is 90.8 Å². The summed E-state index contributed by atoms with van der Waals surface area (Å²) in [6.07, 6.45) is -0.307. The van der Waals surface area contributed by atoms with E-state index in [1.165, 1.54) is 7.11 Å². The van der Waals surface area contributed by atoms with Crippen LogP contribution in [0.15, 0.2) is 0 Å². The maximum atomic E-state index is 11.2. The van der Waals surface area contributed by atoms with Crippen LogP contribution in [-0.4, -0.2) is 32.3 Å². The predicted octanol–water partition coefficient (Wildman–Crippen LogP) is 0.976. The smallest absolute Gasteiger partial charge is 0.407 e. The van der Waals surface area contributed by atoms with Gasteiger partial charge >= 0.3 is 6.09 Å². The van der Waals surface area contributed by atoms with E-state index in [2.05, 4.69) is 36.1 Å². The highest BCUT2D eigenvalue weighted by atomic mass is 16.5. The summed E-state index contributed by atoms with van der Waals surface area (Å²) < 4.78 is 4.65. The van der Waals surface area contributed by atoms with Crippen LogP contribution in [0, 0.1) is 16.7 Å². The van der Waals surface area contributed by atoms with E-state index in [9.17, 15) is 4.79 Å². The molecule has 0 aromatic carbocycles. The first-order valence-electron chi connectivity index (χ1n) is 5.48. The average Bonchev–Trinajstić information content (AvgIpc) is 2.60. The third-order valence-electron chi connectivity index (χ3n) is 4.15. The number of nitrogens with one attached hydrogen (secondary N) is 2. The van der Waals surface area contributed by atoms with E-state index in [1.807, 2.05) is 0 Å². The number of piperidine rings is 1. The molecular formula is C11H20N2O2. The summed E-state index contributed by atoms with van der Waals surface area (Å²) in [6, 6.07) is 0.284. The highest BCUT2D eigenvalue weighted by molar-refractivity contribution is 5.68. The molecule has 1 amide bonds. The van der Waals surface area contributed by atoms with E-state index in [0.29, 0.717) is 5.92 Å². The number of hydrogen-bond donors (Lipinski definition) is 2. The van der Waals surface area contributed by atoms with Crippen molar-refractivity contribution in [3.8, 4) is 0 Å². The van der Waals surface area contributed by atoms with Gasteiger partial charge in [-0.2, -0.15) is 0 Å². The zero-order chi connectivity index (χ0) is 11.3. The molecule has 0 aromatic rings. The standard InChI is InChI=1S/C11H20N2O2/c1-10(2,3)11-6-12-5-7(11)8(11)13-9(14)15-4/h7-8,12H,5-6H2,1-4H3,(H,13,14). The molecule has 0 aromatic heterocycles. The average molecular weight is 212 g/mol. The van der Waals surface area contributed by atoms with Gasteiger partial charge in [-0.25, -0.2) is 4.79 Å². The summed E-state index contributed by atoms with van der Waals surface area (Å²) in [7, 11) is 1.41. The summed E-state index contributed by atoms with van der Waals surface area (Å²) in [5.41, 5.74) is 0.439. The van der Waals surface area contributed by atoms with Crippen molar-refractivity contribution in [1.82, 2.24) is 10.6 Å². The third kappa shape index (κ3) is 1.34. The van der Waals surface area contributed by atoms with Crippen LogP contribution in [0.1, 0.15) is 20.8 Å². The zero-order valence-electron chi connectivity index (χ0n) is 9.89. The molecule has 3 atom stereocenters. The second kappa shape index (κ2) is 3.11. The molecule has 1 saturated heterocycles. The van der Waals surface area contributed by atoms with Crippen molar-refractivity contribution in [2.45, 2.75) is 26.8 Å². The summed E-state index contributed by atoms with van der Waals surface area (Å²) in [5.74, 6) is 0.566. The lowest BCUT2D eigenvalue weighted by molar-refractivity contribution is 0.160. The Balaban J connectivity index is 2.09. The lowest BCUT2D eigenvalue weighted by Gasteiger charge is -2.30. The molecule has 86 valence electrons. The fourth-order valence-electron chi connectivity index (χ4n) is 3.20. The van der Waals surface area contributed by atoms with Crippen molar-refractivity contribution in [3.63, 3.8) is 0 Å². The van der Waals surface area contributed by atoms with Crippen LogP contribution in [0.4, 0.5) is 4.79 Å². The first kappa shape index (κ1) is 10.7. The second-order valence-corrected chi connectivity index (χ2v) is 5.64. The van der Waals surface area contributed by atoms with Gasteiger partial charge in [-0.05, 0) is 5.41 Å². The SMILES string of the molecule is COC(=O)NC1C2CNCC21C(C)(C)C. The van der Waals surface area contributed by atoms with Crippen LogP contribution in [0.3, 0.4) is 0 Å². The van der Waals surface area contributed by atoms with Crippen LogP contribution < -0.4 is 10.6 Å². The van der Waals surface area contributed by atoms with Crippen LogP contribution in [0.2, 0.25) is 0 Å². The molecule has 2 fully saturated rings. The van der Waals surface area contributed by atoms with E-state index < -0.39 is 0 Å². The van der Waals surface area contributed by atoms with Crippen molar-refractivity contribution in [1.29, 1.82) is 0 Å². The van der Waals surface area contributed by atoms with Gasteiger partial charge in [-0.15, -0.1) is 0 Å². The molecule has 2 aliphatic rings. The number of alkyl carbamates (subject to hydrolysis) is 1. The van der Waals surface area contributed by atoms with Gasteiger partial charge in [0, 0.05) is 30.5 Å². The summed E-state index contributed by atoms with van der Waals surface area (Å²) in [4.78, 5) is 11.2. The first-order chi connectivity index (χ1) is 6.93. The molecular weight excluding hydrogens is 192 g/mol. The van der Waals surface area contributed by atoms with Gasteiger partial charge in [0.05, 0.1) is 7.11 Å². The van der Waals surface area contributed by atoms with E-state index >= 15 is 0 Å². The molecule has 0 bridgehead atoms. The van der Waals surface area contributed by atoms with Gasteiger partial charge in [-0.1, -0.05) is 20.8 Å². The molecule has 4 nitrogen and oxygen atoms in total. The van der Waals surface area contributed by atoms with E-state index in [4.69, 9.17) is 0 Å². The van der Waals surface area contributed by atoms with E-state index in [0.717, 1.165) is 13.1 Å². The van der Waals surface area contributed by atoms with Crippen molar-refractivity contribution >= 4 is 6.09 Å². The molecule has 2 rings (SSSR count). The minimum atomic E-state index is -0.307. The Kier molecular flexibility index (Phi) is 2.23. The Hall–Kier alpha value is -0.770. The van der Waals surface area contributed by atoms with Crippen LogP contribution >= 0.6 is 0 Å². The molecule has 1 aliphatic heterocycles. The van der Waals surface area contributed by atoms with Crippen molar-refractivity contribution in [2.75, 3.05) is 20.2 Å². The number of fused-ring (bicyclic) bond motifs is 1. The van der Waals surface area contributed by atoms with E-state index in [-0.39, 0.29) is 23.0 Å². The number of amides is 1. The Bertz CT molecular complexity index is 285. The van der Waals surface area contributed by atoms with Crippen molar-refractivity contribution in [2.24, 2.45) is 16.7 Å². The minimum Gasteiger partial charge on any atom is -0.453 e. The molecule has 15 heavy (non-hydrogen) atoms. The van der Waals surface area contributed by atoms with Crippen molar-refractivity contribution < 1.29 is 9.53 Å². The summed E-state index contributed by atoms with van der Waals surface area (Å²) in [6.45, 7) is 8.73. The van der Waals surface area contributed by atoms with Crippen LogP contribution in [-0.2, 0) is 4.74 Å². The number of ether oxygens (including phenoxy) is 1. The number of carbonyl (C=O) groups excluding carboxylic acids is 1. The fourth-order valence-corrected chi connectivity index (χ4v) is 3.20. The Morgan fingerprint density at radius 1 is 1.53 bits per heavy atom. The predicted molar refractivity (Wildman–Crippen MR) is 57.6 cm³/mol. The maximum absolute atomic E-state index is 11.2. The number of carbonyl (C=O) groups is 1. The third-order valence-corrected chi connectivity index (χ3v) is 4.15. The van der Waals surface area contributed by atoms with Gasteiger partial charge in [0.1, 0.15) is 0 Å². The van der Waals surface area contributed by atoms with Gasteiger partial charge in [0.15, 0.2) is 0 Å². The molecule has 0 radical (unpaired) electrons. The first-order valence-corrected chi connectivity index (χ1v) is 5.48. The quantitative estimate of drug-likeness (QED) is 0.681. The minimum absolute atomic E-state index is 0.215. The molecule has 3 unspecified atom stereocenters. The Morgan fingerprint density at radius 3 is 2.67 bits per heavy atom. The zero-order valence-corrected chi connectivity index (χ0v) is 9.89. The molecule has 2 N–H and O–H groups in total. The fraction of sp³-hybridized carbons (Fsp3) is 0.909. The van der Waals surface area contributed by atoms with Crippen LogP contribution in [0.25, 0.3) is 0 Å². The van der Waals surface area contributed by atoms with Crippen molar-refractivity contribution in [3.05, 3.63) is 0 Å². The molecule has 1 saturated carbocycles. The van der Waals surface area contributed by atoms with Gasteiger partial charge in [-0.3, -0.25) is 0 Å². The highest BCUT2D eigenvalue weighted by Crippen LogP contribution is 2.64. The van der Waals surface area contributed by atoms with Gasteiger partial charge in [0.25, 0.3) is 0 Å². The van der Waals surface area contributed by atoms with Gasteiger partial charge < -0.3 is 15.4 Å². The maximum Gasteiger partial charge on any atom is 0.407 e. The molecule has 4 heteroatoms. The molecule has 1 heterocycles. The van der Waals surface area contributed by atoms with E-state index in [1.54, 1.807) is 0 Å². The lowest BCUT2D eigenvalue weighted by atomic mass is 9.76. The summed E-state index contributed by atoms with van der Waals surface area (Å²) >= 11 is 0.